The van der Waals surface area contributed by atoms with Crippen molar-refractivity contribution in [2.75, 3.05) is 13.7 Å². The van der Waals surface area contributed by atoms with Crippen molar-refractivity contribution in [1.29, 1.82) is 0 Å². The molecule has 0 spiro atoms. The second kappa shape index (κ2) is 12.4. The van der Waals surface area contributed by atoms with Crippen LogP contribution in [-0.2, 0) is 22.4 Å². The molecule has 30 heavy (non-hydrogen) atoms. The van der Waals surface area contributed by atoms with Gasteiger partial charge in [0.25, 0.3) is 5.91 Å². The number of aliphatic carboxylic acids is 1. The van der Waals surface area contributed by atoms with Crippen molar-refractivity contribution in [2.45, 2.75) is 38.7 Å². The summed E-state index contributed by atoms with van der Waals surface area (Å²) in [5.41, 5.74) is 0.741. The van der Waals surface area contributed by atoms with Gasteiger partial charge in [-0.2, -0.15) is 0 Å². The second-order valence-corrected chi connectivity index (χ2v) is 7.74. The lowest BCUT2D eigenvalue weighted by Gasteiger charge is -2.25. The quantitative estimate of drug-likeness (QED) is 0.527. The van der Waals surface area contributed by atoms with Gasteiger partial charge in [-0.25, -0.2) is 0 Å². The number of nitrogens with one attached hydrogen (secondary N) is 1. The summed E-state index contributed by atoms with van der Waals surface area (Å²) in [5, 5.41) is 19.7. The molecular formula is C22H27Cl2NO5. The highest BCUT2D eigenvalue weighted by Crippen LogP contribution is 2.22. The molecule has 0 saturated heterocycles. The van der Waals surface area contributed by atoms with E-state index in [0.717, 1.165) is 18.2 Å². The molecule has 8 heteroatoms. The van der Waals surface area contributed by atoms with Crippen LogP contribution in [0.15, 0.2) is 42.5 Å². The van der Waals surface area contributed by atoms with Crippen molar-refractivity contribution in [2.24, 2.45) is 0 Å². The van der Waals surface area contributed by atoms with Crippen LogP contribution >= 0.6 is 23.2 Å². The van der Waals surface area contributed by atoms with E-state index in [1.54, 1.807) is 50.2 Å². The molecule has 1 amide bonds. The summed E-state index contributed by atoms with van der Waals surface area (Å²) >= 11 is 12.0. The monoisotopic (exact) mass is 455 g/mol. The molecule has 2 aromatic carbocycles. The number of hydrogen-bond donors (Lipinski definition) is 3. The van der Waals surface area contributed by atoms with E-state index >= 15 is 0 Å². The van der Waals surface area contributed by atoms with Crippen molar-refractivity contribution >= 4 is 35.1 Å². The summed E-state index contributed by atoms with van der Waals surface area (Å²) in [7, 11) is 1.00. The molecule has 0 bridgehead atoms. The molecule has 2 aromatic rings. The van der Waals surface area contributed by atoms with Gasteiger partial charge < -0.3 is 20.3 Å². The Hall–Kier alpha value is -2.28. The van der Waals surface area contributed by atoms with E-state index in [1.165, 1.54) is 0 Å². The summed E-state index contributed by atoms with van der Waals surface area (Å²) in [6.07, 6.45) is 1.11. The Labute approximate surface area is 186 Å². The van der Waals surface area contributed by atoms with Crippen molar-refractivity contribution in [3.63, 3.8) is 0 Å². The van der Waals surface area contributed by atoms with Crippen LogP contribution in [0, 0.1) is 0 Å². The fraction of sp³-hybridized carbons (Fsp3) is 0.364. The van der Waals surface area contributed by atoms with Crippen LogP contribution < -0.4 is 10.1 Å². The molecule has 0 heterocycles. The Morgan fingerprint density at radius 1 is 1.03 bits per heavy atom. The number of rotatable bonds is 9. The Kier molecular flexibility index (Phi) is 10.7. The average molecular weight is 456 g/mol. The zero-order valence-corrected chi connectivity index (χ0v) is 18.8. The number of carboxylic acids is 1. The van der Waals surface area contributed by atoms with Crippen molar-refractivity contribution < 1.29 is 24.5 Å². The highest BCUT2D eigenvalue weighted by Gasteiger charge is 2.29. The van der Waals surface area contributed by atoms with Crippen molar-refractivity contribution in [3.05, 3.63) is 63.6 Å². The molecular weight excluding hydrogens is 429 g/mol. The number of hydrogen-bond acceptors (Lipinski definition) is 4. The summed E-state index contributed by atoms with van der Waals surface area (Å²) in [6.45, 7) is 3.80. The number of halogens is 2. The van der Waals surface area contributed by atoms with Crippen LogP contribution in [0.4, 0.5) is 0 Å². The van der Waals surface area contributed by atoms with Crippen LogP contribution in [-0.4, -0.2) is 41.3 Å². The van der Waals surface area contributed by atoms with Crippen LogP contribution in [0.5, 0.6) is 5.75 Å². The standard InChI is InChI=1S/C21H23Cl2NO4.CH4O/c1-21(2,28-17-8-3-14(4-9-17)5-10-19(25)26)20(27)24-12-11-15-6-7-16(22)13-18(15)23;1-2/h3-4,6-9,13H,5,10-12H2,1-2H3,(H,24,27)(H,25,26);2H,1H3. The molecule has 0 unspecified atom stereocenters. The van der Waals surface area contributed by atoms with Crippen LogP contribution in [0.2, 0.25) is 10.0 Å². The van der Waals surface area contributed by atoms with Gasteiger partial charge in [0.05, 0.1) is 0 Å². The molecule has 0 radical (unpaired) electrons. The minimum absolute atomic E-state index is 0.0751. The lowest BCUT2D eigenvalue weighted by atomic mass is 10.1. The molecule has 6 nitrogen and oxygen atoms in total. The van der Waals surface area contributed by atoms with Gasteiger partial charge in [-0.1, -0.05) is 41.4 Å². The molecule has 0 atom stereocenters. The average Bonchev–Trinajstić information content (AvgIpc) is 2.70. The first-order chi connectivity index (χ1) is 14.2. The van der Waals surface area contributed by atoms with Crippen LogP contribution in [0.3, 0.4) is 0 Å². The molecule has 0 aliphatic heterocycles. The van der Waals surface area contributed by atoms with E-state index in [4.69, 9.17) is 38.2 Å². The summed E-state index contributed by atoms with van der Waals surface area (Å²) in [5.74, 6) is -0.537. The first-order valence-electron chi connectivity index (χ1n) is 9.34. The predicted octanol–water partition coefficient (Wildman–Crippen LogP) is 4.14. The molecule has 0 aromatic heterocycles. The number of ether oxygens (including phenoxy) is 1. The number of carboxylic acid groups (broad SMARTS) is 1. The minimum atomic E-state index is -1.06. The third-order valence-electron chi connectivity index (χ3n) is 4.17. The van der Waals surface area contributed by atoms with Crippen molar-refractivity contribution in [3.8, 4) is 5.75 Å². The van der Waals surface area contributed by atoms with Gasteiger partial charge in [-0.05, 0) is 62.1 Å². The van der Waals surface area contributed by atoms with Gasteiger partial charge in [-0.3, -0.25) is 9.59 Å². The van der Waals surface area contributed by atoms with Gasteiger partial charge >= 0.3 is 5.97 Å². The number of aliphatic hydroxyl groups is 1. The topological polar surface area (TPSA) is 95.9 Å². The maximum absolute atomic E-state index is 12.5. The number of amides is 1. The van der Waals surface area contributed by atoms with E-state index in [1.807, 2.05) is 6.07 Å². The SMILES string of the molecule is CC(C)(Oc1ccc(CCC(=O)O)cc1)C(=O)NCCc1ccc(Cl)cc1Cl.CO. The normalized spacial score (nSPS) is 10.6. The molecule has 0 aliphatic rings. The second-order valence-electron chi connectivity index (χ2n) is 6.89. The number of carbonyl (C=O) groups is 2. The Morgan fingerprint density at radius 2 is 1.67 bits per heavy atom. The smallest absolute Gasteiger partial charge is 0.303 e. The fourth-order valence-corrected chi connectivity index (χ4v) is 3.07. The summed E-state index contributed by atoms with van der Waals surface area (Å²) in [6, 6.07) is 12.3. The van der Waals surface area contributed by atoms with Gasteiger partial charge in [-0.15, -0.1) is 0 Å². The maximum atomic E-state index is 12.5. The summed E-state index contributed by atoms with van der Waals surface area (Å²) in [4.78, 5) is 23.1. The molecule has 0 aliphatic carbocycles. The molecule has 0 saturated carbocycles. The number of aliphatic hydroxyl groups excluding tert-OH is 1. The predicted molar refractivity (Wildman–Crippen MR) is 118 cm³/mol. The van der Waals surface area contributed by atoms with Crippen LogP contribution in [0.1, 0.15) is 31.4 Å². The van der Waals surface area contributed by atoms with Gasteiger partial charge in [0, 0.05) is 30.1 Å². The Morgan fingerprint density at radius 3 is 2.23 bits per heavy atom. The minimum Gasteiger partial charge on any atom is -0.481 e. The number of carbonyl (C=O) groups excluding carboxylic acids is 1. The highest BCUT2D eigenvalue weighted by atomic mass is 35.5. The maximum Gasteiger partial charge on any atom is 0.303 e. The van der Waals surface area contributed by atoms with Gasteiger partial charge in [0.2, 0.25) is 0 Å². The first-order valence-corrected chi connectivity index (χ1v) is 10.1. The molecule has 2 rings (SSSR count). The van der Waals surface area contributed by atoms with E-state index in [0.29, 0.717) is 35.2 Å². The molecule has 164 valence electrons. The highest BCUT2D eigenvalue weighted by molar-refractivity contribution is 6.35. The zero-order valence-electron chi connectivity index (χ0n) is 17.2. The number of aryl methyl sites for hydroxylation is 1. The third-order valence-corrected chi connectivity index (χ3v) is 4.75. The van der Waals surface area contributed by atoms with E-state index < -0.39 is 11.6 Å². The number of benzene rings is 2. The Bertz CT molecular complexity index is 838. The van der Waals surface area contributed by atoms with E-state index in [2.05, 4.69) is 5.32 Å². The van der Waals surface area contributed by atoms with Crippen LogP contribution in [0.25, 0.3) is 0 Å². The zero-order chi connectivity index (χ0) is 22.7. The largest absolute Gasteiger partial charge is 0.481 e. The van der Waals surface area contributed by atoms with E-state index in [9.17, 15) is 9.59 Å². The van der Waals surface area contributed by atoms with E-state index in [-0.39, 0.29) is 12.3 Å². The fourth-order valence-electron chi connectivity index (χ4n) is 2.56. The molecule has 0 fully saturated rings. The summed E-state index contributed by atoms with van der Waals surface area (Å²) < 4.78 is 5.81. The Balaban J connectivity index is 0.00000218. The van der Waals surface area contributed by atoms with Gasteiger partial charge in [0.15, 0.2) is 5.60 Å². The lowest BCUT2D eigenvalue weighted by molar-refractivity contribution is -0.137. The first kappa shape index (κ1) is 25.8. The van der Waals surface area contributed by atoms with Gasteiger partial charge in [0.1, 0.15) is 5.75 Å². The lowest BCUT2D eigenvalue weighted by Crippen LogP contribution is -2.47. The molecule has 3 N–H and O–H groups in total. The van der Waals surface area contributed by atoms with Crippen molar-refractivity contribution in [1.82, 2.24) is 5.32 Å². The third kappa shape index (κ3) is 8.61.